The maximum absolute atomic E-state index is 9.69. The van der Waals surface area contributed by atoms with Gasteiger partial charge >= 0.3 is 0 Å². The molecule has 3 heteroatoms. The van der Waals surface area contributed by atoms with Crippen LogP contribution in [0.2, 0.25) is 0 Å². The van der Waals surface area contributed by atoms with Crippen molar-refractivity contribution in [3.05, 3.63) is 28.2 Å². The van der Waals surface area contributed by atoms with E-state index in [9.17, 15) is 5.11 Å². The second kappa shape index (κ2) is 5.87. The Bertz CT molecular complexity index is 367. The second-order valence-corrected chi connectivity index (χ2v) is 6.43. The van der Waals surface area contributed by atoms with Crippen molar-refractivity contribution in [2.24, 2.45) is 5.41 Å². The summed E-state index contributed by atoms with van der Waals surface area (Å²) in [5.41, 5.74) is 1.09. The Morgan fingerprint density at radius 3 is 2.53 bits per heavy atom. The molecule has 0 saturated heterocycles. The van der Waals surface area contributed by atoms with Crippen LogP contribution < -0.4 is 4.74 Å². The van der Waals surface area contributed by atoms with Gasteiger partial charge in [-0.05, 0) is 37.0 Å². The van der Waals surface area contributed by atoms with Gasteiger partial charge in [0.25, 0.3) is 0 Å². The fourth-order valence-corrected chi connectivity index (χ4v) is 1.82. The Morgan fingerprint density at radius 2 is 2.00 bits per heavy atom. The molecule has 0 fully saturated rings. The van der Waals surface area contributed by atoms with E-state index in [0.29, 0.717) is 6.61 Å². The summed E-state index contributed by atoms with van der Waals surface area (Å²) >= 11 is 3.40. The second-order valence-electron chi connectivity index (χ2n) is 5.52. The highest BCUT2D eigenvalue weighted by molar-refractivity contribution is 9.10. The smallest absolute Gasteiger partial charge is 0.125 e. The topological polar surface area (TPSA) is 29.5 Å². The van der Waals surface area contributed by atoms with Gasteiger partial charge in [0, 0.05) is 10.0 Å². The molecule has 1 aromatic carbocycles. The molecule has 0 radical (unpaired) electrons. The molecule has 0 aliphatic heterocycles. The van der Waals surface area contributed by atoms with E-state index in [4.69, 9.17) is 4.74 Å². The van der Waals surface area contributed by atoms with E-state index in [1.54, 1.807) is 6.92 Å². The Kier molecular flexibility index (Phi) is 5.02. The fourth-order valence-electron chi connectivity index (χ4n) is 1.44. The molecule has 1 N–H and O–H groups in total. The van der Waals surface area contributed by atoms with Crippen LogP contribution in [-0.4, -0.2) is 11.7 Å². The molecular formula is C14H21BrO2. The molecule has 1 atom stereocenters. The number of hydrogen-bond donors (Lipinski definition) is 1. The van der Waals surface area contributed by atoms with Crippen molar-refractivity contribution in [2.45, 2.75) is 40.2 Å². The first-order valence-corrected chi connectivity index (χ1v) is 6.69. The van der Waals surface area contributed by atoms with Crippen molar-refractivity contribution in [2.75, 3.05) is 6.61 Å². The highest BCUT2D eigenvalue weighted by Crippen LogP contribution is 2.29. The largest absolute Gasteiger partial charge is 0.493 e. The minimum atomic E-state index is -0.517. The molecule has 1 unspecified atom stereocenters. The summed E-state index contributed by atoms with van der Waals surface area (Å²) in [4.78, 5) is 0. The highest BCUT2D eigenvalue weighted by atomic mass is 79.9. The van der Waals surface area contributed by atoms with Gasteiger partial charge in [-0.15, -0.1) is 0 Å². The minimum absolute atomic E-state index is 0.264. The molecular weight excluding hydrogens is 280 g/mol. The van der Waals surface area contributed by atoms with Crippen molar-refractivity contribution in [3.63, 3.8) is 0 Å². The van der Waals surface area contributed by atoms with Crippen LogP contribution in [0.4, 0.5) is 0 Å². The molecule has 1 rings (SSSR count). The van der Waals surface area contributed by atoms with E-state index < -0.39 is 6.10 Å². The Balaban J connectivity index is 2.70. The first kappa shape index (κ1) is 14.5. The normalized spacial score (nSPS) is 13.5. The number of halogens is 1. The first-order chi connectivity index (χ1) is 7.79. The average Bonchev–Trinajstić information content (AvgIpc) is 2.18. The van der Waals surface area contributed by atoms with Crippen molar-refractivity contribution in [1.82, 2.24) is 0 Å². The lowest BCUT2D eigenvalue weighted by Crippen LogP contribution is -2.12. The van der Waals surface area contributed by atoms with Gasteiger partial charge in [-0.2, -0.15) is 0 Å². The summed E-state index contributed by atoms with van der Waals surface area (Å²) in [5, 5.41) is 9.69. The third-order valence-electron chi connectivity index (χ3n) is 2.53. The van der Waals surface area contributed by atoms with Crippen LogP contribution in [0.25, 0.3) is 0 Å². The van der Waals surface area contributed by atoms with Crippen LogP contribution in [0.15, 0.2) is 22.7 Å². The van der Waals surface area contributed by atoms with Gasteiger partial charge in [0.05, 0.1) is 12.7 Å². The number of benzene rings is 1. The molecule has 1 aromatic rings. The molecule has 96 valence electrons. The maximum atomic E-state index is 9.69. The SMILES string of the molecule is CC(O)c1cc(Br)ccc1OCCC(C)(C)C. The molecule has 0 aromatic heterocycles. The number of aliphatic hydroxyl groups is 1. The lowest BCUT2D eigenvalue weighted by molar-refractivity contribution is 0.186. The third-order valence-corrected chi connectivity index (χ3v) is 3.02. The Hall–Kier alpha value is -0.540. The van der Waals surface area contributed by atoms with Gasteiger partial charge in [-0.3, -0.25) is 0 Å². The van der Waals surface area contributed by atoms with Crippen LogP contribution in [0.1, 0.15) is 45.8 Å². The van der Waals surface area contributed by atoms with Crippen LogP contribution in [0.3, 0.4) is 0 Å². The van der Waals surface area contributed by atoms with Gasteiger partial charge in [-0.1, -0.05) is 36.7 Å². The summed E-state index contributed by atoms with van der Waals surface area (Å²) in [6, 6.07) is 5.73. The van der Waals surface area contributed by atoms with E-state index in [0.717, 1.165) is 22.2 Å². The molecule has 17 heavy (non-hydrogen) atoms. The highest BCUT2D eigenvalue weighted by Gasteiger charge is 2.13. The first-order valence-electron chi connectivity index (χ1n) is 5.90. The number of ether oxygens (including phenoxy) is 1. The van der Waals surface area contributed by atoms with Gasteiger partial charge < -0.3 is 9.84 Å². The van der Waals surface area contributed by atoms with E-state index in [1.165, 1.54) is 0 Å². The summed E-state index contributed by atoms with van der Waals surface area (Å²) in [6.45, 7) is 8.98. The number of hydrogen-bond acceptors (Lipinski definition) is 2. The molecule has 0 heterocycles. The van der Waals surface area contributed by atoms with Gasteiger partial charge in [0.1, 0.15) is 5.75 Å². The Morgan fingerprint density at radius 1 is 1.35 bits per heavy atom. The summed E-state index contributed by atoms with van der Waals surface area (Å²) in [5.74, 6) is 0.771. The number of aliphatic hydroxyl groups excluding tert-OH is 1. The van der Waals surface area contributed by atoms with Crippen LogP contribution in [-0.2, 0) is 0 Å². The molecule has 0 amide bonds. The fraction of sp³-hybridized carbons (Fsp3) is 0.571. The zero-order chi connectivity index (χ0) is 13.1. The maximum Gasteiger partial charge on any atom is 0.125 e. The average molecular weight is 301 g/mol. The Labute approximate surface area is 112 Å². The van der Waals surface area contributed by atoms with Crippen LogP contribution >= 0.6 is 15.9 Å². The number of rotatable bonds is 4. The van der Waals surface area contributed by atoms with Crippen LogP contribution in [0, 0.1) is 5.41 Å². The van der Waals surface area contributed by atoms with Gasteiger partial charge in [0.15, 0.2) is 0 Å². The van der Waals surface area contributed by atoms with E-state index in [1.807, 2.05) is 18.2 Å². The third kappa shape index (κ3) is 5.09. The van der Waals surface area contributed by atoms with E-state index >= 15 is 0 Å². The predicted octanol–water partition coefficient (Wildman–Crippen LogP) is 4.32. The molecule has 0 bridgehead atoms. The molecule has 0 saturated carbocycles. The molecule has 0 aliphatic carbocycles. The summed E-state index contributed by atoms with van der Waals surface area (Å²) in [6.07, 6.45) is 0.472. The van der Waals surface area contributed by atoms with E-state index in [-0.39, 0.29) is 5.41 Å². The minimum Gasteiger partial charge on any atom is -0.493 e. The molecule has 2 nitrogen and oxygen atoms in total. The van der Waals surface area contributed by atoms with Gasteiger partial charge in [-0.25, -0.2) is 0 Å². The molecule has 0 spiro atoms. The van der Waals surface area contributed by atoms with Crippen molar-refractivity contribution < 1.29 is 9.84 Å². The summed E-state index contributed by atoms with van der Waals surface area (Å²) in [7, 11) is 0. The lowest BCUT2D eigenvalue weighted by atomic mass is 9.93. The zero-order valence-electron chi connectivity index (χ0n) is 11.0. The van der Waals surface area contributed by atoms with Crippen molar-refractivity contribution in [3.8, 4) is 5.75 Å². The van der Waals surface area contributed by atoms with Crippen molar-refractivity contribution >= 4 is 15.9 Å². The lowest BCUT2D eigenvalue weighted by Gasteiger charge is -2.19. The standard InChI is InChI=1S/C14H21BrO2/c1-10(16)12-9-11(15)5-6-13(12)17-8-7-14(2,3)4/h5-6,9-10,16H,7-8H2,1-4H3. The van der Waals surface area contributed by atoms with Crippen LogP contribution in [0.5, 0.6) is 5.75 Å². The quantitative estimate of drug-likeness (QED) is 0.897. The summed E-state index contributed by atoms with van der Waals surface area (Å²) < 4.78 is 6.70. The van der Waals surface area contributed by atoms with Gasteiger partial charge in [0.2, 0.25) is 0 Å². The zero-order valence-corrected chi connectivity index (χ0v) is 12.5. The van der Waals surface area contributed by atoms with E-state index in [2.05, 4.69) is 36.7 Å². The molecule has 0 aliphatic rings. The predicted molar refractivity (Wildman–Crippen MR) is 74.3 cm³/mol. The monoisotopic (exact) mass is 300 g/mol. The van der Waals surface area contributed by atoms with Crippen molar-refractivity contribution in [1.29, 1.82) is 0 Å².